The van der Waals surface area contributed by atoms with Crippen molar-refractivity contribution in [1.29, 1.82) is 0 Å². The van der Waals surface area contributed by atoms with Gasteiger partial charge in [0.15, 0.2) is 0 Å². The summed E-state index contributed by atoms with van der Waals surface area (Å²) < 4.78 is 5.32. The van der Waals surface area contributed by atoms with E-state index in [1.165, 1.54) is 32.1 Å². The van der Waals surface area contributed by atoms with Gasteiger partial charge in [0.1, 0.15) is 5.88 Å². The lowest BCUT2D eigenvalue weighted by atomic mass is 9.83. The molecular formula is C11H18ClN3O. The molecule has 0 atom stereocenters. The molecule has 0 spiro atoms. The highest BCUT2D eigenvalue weighted by atomic mass is 35.5. The largest absolute Gasteiger partial charge is 0.407 e. The third-order valence-electron chi connectivity index (χ3n) is 3.61. The predicted octanol–water partition coefficient (Wildman–Crippen LogP) is 3.19. The minimum atomic E-state index is 0.271. The molecule has 0 aliphatic heterocycles. The first-order valence-electron chi connectivity index (χ1n) is 5.90. The number of halogens is 1. The van der Waals surface area contributed by atoms with Crippen LogP contribution in [0.15, 0.2) is 4.42 Å². The Bertz CT molecular complexity index is 334. The number of anilines is 1. The van der Waals surface area contributed by atoms with Crippen molar-refractivity contribution in [3.63, 3.8) is 0 Å². The molecule has 1 aliphatic carbocycles. The summed E-state index contributed by atoms with van der Waals surface area (Å²) in [5.74, 6) is 0.745. The monoisotopic (exact) mass is 243 g/mol. The summed E-state index contributed by atoms with van der Waals surface area (Å²) in [6.45, 7) is 3.18. The van der Waals surface area contributed by atoms with Gasteiger partial charge in [0.25, 0.3) is 0 Å². The Morgan fingerprint density at radius 1 is 1.38 bits per heavy atom. The van der Waals surface area contributed by atoms with Crippen LogP contribution >= 0.6 is 11.6 Å². The second-order valence-electron chi connectivity index (χ2n) is 4.55. The van der Waals surface area contributed by atoms with Gasteiger partial charge in [-0.15, -0.1) is 16.7 Å². The normalized spacial score (nSPS) is 18.9. The smallest absolute Gasteiger partial charge is 0.315 e. The van der Waals surface area contributed by atoms with E-state index in [4.69, 9.17) is 16.0 Å². The van der Waals surface area contributed by atoms with Gasteiger partial charge >= 0.3 is 6.01 Å². The van der Waals surface area contributed by atoms with Crippen LogP contribution in [0.4, 0.5) is 6.01 Å². The molecule has 0 radical (unpaired) electrons. The lowest BCUT2D eigenvalue weighted by Crippen LogP contribution is -2.25. The maximum absolute atomic E-state index is 5.60. The third-order valence-corrected chi connectivity index (χ3v) is 3.84. The van der Waals surface area contributed by atoms with Crippen molar-refractivity contribution in [2.75, 3.05) is 11.9 Å². The van der Waals surface area contributed by atoms with Crippen molar-refractivity contribution in [2.24, 2.45) is 5.41 Å². The van der Waals surface area contributed by atoms with E-state index in [9.17, 15) is 0 Å². The Morgan fingerprint density at radius 2 is 2.12 bits per heavy atom. The fourth-order valence-corrected chi connectivity index (χ4v) is 2.53. The molecule has 1 aliphatic rings. The summed E-state index contributed by atoms with van der Waals surface area (Å²) in [4.78, 5) is 0. The first-order valence-corrected chi connectivity index (χ1v) is 6.44. The van der Waals surface area contributed by atoms with Gasteiger partial charge < -0.3 is 9.73 Å². The molecule has 2 rings (SSSR count). The molecular weight excluding hydrogens is 226 g/mol. The van der Waals surface area contributed by atoms with E-state index in [-0.39, 0.29) is 5.88 Å². The molecule has 1 heterocycles. The number of hydrogen-bond acceptors (Lipinski definition) is 4. The van der Waals surface area contributed by atoms with Crippen molar-refractivity contribution in [3.8, 4) is 0 Å². The lowest BCUT2D eigenvalue weighted by Gasteiger charge is -2.26. The van der Waals surface area contributed by atoms with Crippen LogP contribution < -0.4 is 5.32 Å². The summed E-state index contributed by atoms with van der Waals surface area (Å²) >= 11 is 5.60. The molecule has 16 heavy (non-hydrogen) atoms. The van der Waals surface area contributed by atoms with E-state index in [1.54, 1.807) is 0 Å². The average Bonchev–Trinajstić information content (AvgIpc) is 2.96. The SMILES string of the molecule is CCC1(CNc2nnc(CCl)o2)CCCC1. The number of nitrogens with one attached hydrogen (secondary N) is 1. The molecule has 1 aromatic heterocycles. The second kappa shape index (κ2) is 5.04. The highest BCUT2D eigenvalue weighted by Crippen LogP contribution is 2.40. The molecule has 0 saturated heterocycles. The summed E-state index contributed by atoms with van der Waals surface area (Å²) in [5, 5.41) is 11.0. The van der Waals surface area contributed by atoms with Gasteiger partial charge in [-0.3, -0.25) is 0 Å². The number of nitrogens with zero attached hydrogens (tertiary/aromatic N) is 2. The molecule has 4 nitrogen and oxygen atoms in total. The van der Waals surface area contributed by atoms with E-state index >= 15 is 0 Å². The number of aromatic nitrogens is 2. The van der Waals surface area contributed by atoms with Gasteiger partial charge in [-0.05, 0) is 24.7 Å². The van der Waals surface area contributed by atoms with Crippen molar-refractivity contribution in [1.82, 2.24) is 10.2 Å². The standard InChI is InChI=1S/C11H18ClN3O/c1-2-11(5-3-4-6-11)8-13-10-15-14-9(7-12)16-10/h2-8H2,1H3,(H,13,15). The van der Waals surface area contributed by atoms with Gasteiger partial charge in [0, 0.05) is 6.54 Å². The minimum absolute atomic E-state index is 0.271. The molecule has 1 aromatic rings. The van der Waals surface area contributed by atoms with Crippen molar-refractivity contribution < 1.29 is 4.42 Å². The van der Waals surface area contributed by atoms with Gasteiger partial charge in [0.2, 0.25) is 5.89 Å². The lowest BCUT2D eigenvalue weighted by molar-refractivity contribution is 0.303. The van der Waals surface area contributed by atoms with E-state index in [2.05, 4.69) is 22.4 Å². The first kappa shape index (κ1) is 11.7. The van der Waals surface area contributed by atoms with Crippen LogP contribution in [0, 0.1) is 5.41 Å². The highest BCUT2D eigenvalue weighted by molar-refractivity contribution is 6.16. The Morgan fingerprint density at radius 3 is 2.69 bits per heavy atom. The number of rotatable bonds is 5. The van der Waals surface area contributed by atoms with Gasteiger partial charge in [-0.25, -0.2) is 0 Å². The Balaban J connectivity index is 1.90. The van der Waals surface area contributed by atoms with Gasteiger partial charge in [0.05, 0.1) is 0 Å². The summed E-state index contributed by atoms with van der Waals surface area (Å²) in [6, 6.07) is 0.496. The van der Waals surface area contributed by atoms with Crippen LogP contribution in [0.2, 0.25) is 0 Å². The quantitative estimate of drug-likeness (QED) is 0.807. The Labute approximate surface area is 101 Å². The maximum atomic E-state index is 5.60. The molecule has 0 unspecified atom stereocenters. The van der Waals surface area contributed by atoms with Gasteiger partial charge in [-0.2, -0.15) is 0 Å². The third kappa shape index (κ3) is 2.48. The fourth-order valence-electron chi connectivity index (χ4n) is 2.42. The number of alkyl halides is 1. The van der Waals surface area contributed by atoms with Crippen molar-refractivity contribution in [2.45, 2.75) is 44.9 Å². The summed E-state index contributed by atoms with van der Waals surface area (Å²) in [6.07, 6.45) is 6.48. The zero-order valence-corrected chi connectivity index (χ0v) is 10.4. The van der Waals surface area contributed by atoms with E-state index in [0.29, 0.717) is 17.3 Å². The van der Waals surface area contributed by atoms with Crippen LogP contribution in [-0.4, -0.2) is 16.7 Å². The zero-order valence-electron chi connectivity index (χ0n) is 9.63. The van der Waals surface area contributed by atoms with Crippen LogP contribution in [-0.2, 0) is 5.88 Å². The van der Waals surface area contributed by atoms with E-state index in [0.717, 1.165) is 6.54 Å². The number of hydrogen-bond donors (Lipinski definition) is 1. The molecule has 5 heteroatoms. The van der Waals surface area contributed by atoms with Crippen LogP contribution in [0.3, 0.4) is 0 Å². The van der Waals surface area contributed by atoms with Crippen molar-refractivity contribution in [3.05, 3.63) is 5.89 Å². The second-order valence-corrected chi connectivity index (χ2v) is 4.82. The summed E-state index contributed by atoms with van der Waals surface area (Å²) in [5.41, 5.74) is 0.426. The molecule has 90 valence electrons. The van der Waals surface area contributed by atoms with Crippen LogP contribution in [0.1, 0.15) is 44.9 Å². The van der Waals surface area contributed by atoms with Crippen molar-refractivity contribution >= 4 is 17.6 Å². The molecule has 0 aromatic carbocycles. The average molecular weight is 244 g/mol. The van der Waals surface area contributed by atoms with E-state index in [1.807, 2.05) is 0 Å². The Kier molecular flexibility index (Phi) is 3.69. The molecule has 1 N–H and O–H groups in total. The van der Waals surface area contributed by atoms with Crippen LogP contribution in [0.25, 0.3) is 0 Å². The topological polar surface area (TPSA) is 51.0 Å². The summed E-state index contributed by atoms with van der Waals surface area (Å²) in [7, 11) is 0. The maximum Gasteiger partial charge on any atom is 0.315 e. The predicted molar refractivity (Wildman–Crippen MR) is 63.5 cm³/mol. The molecule has 1 fully saturated rings. The molecule has 0 bridgehead atoms. The highest BCUT2D eigenvalue weighted by Gasteiger charge is 2.32. The zero-order chi connectivity index (χ0) is 11.4. The van der Waals surface area contributed by atoms with E-state index < -0.39 is 0 Å². The first-order chi connectivity index (χ1) is 7.78. The fraction of sp³-hybridized carbons (Fsp3) is 0.818. The molecule has 0 amide bonds. The minimum Gasteiger partial charge on any atom is -0.407 e. The Hall–Kier alpha value is -0.770. The van der Waals surface area contributed by atoms with Gasteiger partial charge in [-0.1, -0.05) is 24.9 Å². The molecule has 1 saturated carbocycles. The van der Waals surface area contributed by atoms with Crippen LogP contribution in [0.5, 0.6) is 0 Å².